The summed E-state index contributed by atoms with van der Waals surface area (Å²) in [6.07, 6.45) is 0. The van der Waals surface area contributed by atoms with Crippen molar-refractivity contribution in [2.45, 2.75) is 27.3 Å². The molecule has 90 valence electrons. The number of halogens is 1. The Hall–Kier alpha value is -1.29. The summed E-state index contributed by atoms with van der Waals surface area (Å²) >= 11 is 3.48. The molecule has 0 amide bonds. The average Bonchev–Trinajstić information content (AvgIpc) is 2.54. The first-order valence-electron chi connectivity index (χ1n) is 5.48. The minimum absolute atomic E-state index is 0.602. The molecule has 0 bridgehead atoms. The van der Waals surface area contributed by atoms with Crippen LogP contribution >= 0.6 is 15.9 Å². The number of benzene rings is 1. The number of hydrogen-bond acceptors (Lipinski definition) is 3. The van der Waals surface area contributed by atoms with Gasteiger partial charge in [0, 0.05) is 10.2 Å². The third-order valence-electron chi connectivity index (χ3n) is 2.56. The smallest absolute Gasteiger partial charge is 0.213 e. The van der Waals surface area contributed by atoms with Gasteiger partial charge in [-0.3, -0.25) is 0 Å². The third-order valence-corrected chi connectivity index (χ3v) is 3.02. The summed E-state index contributed by atoms with van der Waals surface area (Å²) in [4.78, 5) is 4.33. The number of aromatic nitrogens is 1. The van der Waals surface area contributed by atoms with E-state index < -0.39 is 0 Å². The Morgan fingerprint density at radius 2 is 2.00 bits per heavy atom. The largest absolute Gasteiger partial charge is 0.444 e. The van der Waals surface area contributed by atoms with Gasteiger partial charge in [-0.15, -0.1) is 0 Å². The lowest BCUT2D eigenvalue weighted by molar-refractivity contribution is 0.478. The maximum atomic E-state index is 5.51. The molecular formula is C13H15BrN2O. The number of nitrogens with zero attached hydrogens (tertiary/aromatic N) is 1. The van der Waals surface area contributed by atoms with E-state index in [1.165, 1.54) is 5.56 Å². The molecular weight excluding hydrogens is 280 g/mol. The summed E-state index contributed by atoms with van der Waals surface area (Å²) in [5.41, 5.74) is 3.22. The molecule has 0 atom stereocenters. The molecule has 2 aromatic rings. The molecule has 0 aliphatic carbocycles. The van der Waals surface area contributed by atoms with Crippen LogP contribution in [-0.4, -0.2) is 4.98 Å². The van der Waals surface area contributed by atoms with Crippen molar-refractivity contribution in [3.63, 3.8) is 0 Å². The lowest BCUT2D eigenvalue weighted by Gasteiger charge is -2.05. The van der Waals surface area contributed by atoms with Crippen molar-refractivity contribution < 1.29 is 4.42 Å². The molecule has 0 saturated heterocycles. The molecule has 0 aliphatic heterocycles. The highest BCUT2D eigenvalue weighted by Gasteiger charge is 2.05. The molecule has 0 saturated carbocycles. The summed E-state index contributed by atoms with van der Waals surface area (Å²) < 4.78 is 6.58. The van der Waals surface area contributed by atoms with Crippen molar-refractivity contribution in [3.05, 3.63) is 45.6 Å². The van der Waals surface area contributed by atoms with Crippen LogP contribution in [-0.2, 0) is 6.54 Å². The summed E-state index contributed by atoms with van der Waals surface area (Å²) in [5.74, 6) is 1.60. The van der Waals surface area contributed by atoms with E-state index >= 15 is 0 Å². The monoisotopic (exact) mass is 294 g/mol. The van der Waals surface area contributed by atoms with E-state index in [1.807, 2.05) is 19.9 Å². The Labute approximate surface area is 109 Å². The van der Waals surface area contributed by atoms with E-state index in [9.17, 15) is 0 Å². The second-order valence-electron chi connectivity index (χ2n) is 4.12. The second kappa shape index (κ2) is 4.92. The van der Waals surface area contributed by atoms with E-state index in [-0.39, 0.29) is 0 Å². The molecule has 1 heterocycles. The quantitative estimate of drug-likeness (QED) is 0.931. The molecule has 0 aliphatic rings. The Kier molecular flexibility index (Phi) is 3.52. The van der Waals surface area contributed by atoms with E-state index in [2.05, 4.69) is 45.3 Å². The van der Waals surface area contributed by atoms with Gasteiger partial charge in [0.1, 0.15) is 5.76 Å². The lowest BCUT2D eigenvalue weighted by atomic mass is 10.2. The van der Waals surface area contributed by atoms with Gasteiger partial charge in [0.15, 0.2) is 0 Å². The molecule has 1 N–H and O–H groups in total. The summed E-state index contributed by atoms with van der Waals surface area (Å²) in [5, 5.41) is 3.30. The topological polar surface area (TPSA) is 38.1 Å². The van der Waals surface area contributed by atoms with Crippen molar-refractivity contribution >= 4 is 21.6 Å². The Balaban J connectivity index is 2.07. The summed E-state index contributed by atoms with van der Waals surface area (Å²) in [7, 11) is 0. The molecule has 1 aromatic heterocycles. The van der Waals surface area contributed by atoms with Crippen molar-refractivity contribution in [1.82, 2.24) is 4.98 Å². The first-order chi connectivity index (χ1) is 8.04. The normalized spacial score (nSPS) is 10.6. The minimum atomic E-state index is 0.602. The SMILES string of the molecule is Cc1cc(Br)cc(NCc2nc(C)c(C)o2)c1. The van der Waals surface area contributed by atoms with Crippen LogP contribution in [0.15, 0.2) is 27.1 Å². The molecule has 0 radical (unpaired) electrons. The number of oxazole rings is 1. The number of anilines is 1. The molecule has 0 fully saturated rings. The van der Waals surface area contributed by atoms with Crippen LogP contribution in [0.2, 0.25) is 0 Å². The molecule has 17 heavy (non-hydrogen) atoms. The maximum Gasteiger partial charge on any atom is 0.213 e. The molecule has 1 aromatic carbocycles. The molecule has 2 rings (SSSR count). The zero-order valence-electron chi connectivity index (χ0n) is 10.2. The van der Waals surface area contributed by atoms with Gasteiger partial charge in [0.2, 0.25) is 5.89 Å². The van der Waals surface area contributed by atoms with Crippen molar-refractivity contribution in [2.24, 2.45) is 0 Å². The van der Waals surface area contributed by atoms with Crippen LogP contribution < -0.4 is 5.32 Å². The number of nitrogens with one attached hydrogen (secondary N) is 1. The summed E-state index contributed by atoms with van der Waals surface area (Å²) in [6, 6.07) is 6.20. The van der Waals surface area contributed by atoms with Gasteiger partial charge < -0.3 is 9.73 Å². The van der Waals surface area contributed by atoms with Crippen molar-refractivity contribution in [2.75, 3.05) is 5.32 Å². The predicted octanol–water partition coefficient (Wildman–Crippen LogP) is 3.97. The van der Waals surface area contributed by atoms with Crippen LogP contribution in [0.5, 0.6) is 0 Å². The minimum Gasteiger partial charge on any atom is -0.444 e. The van der Waals surface area contributed by atoms with Crippen molar-refractivity contribution in [3.8, 4) is 0 Å². The van der Waals surface area contributed by atoms with Gasteiger partial charge in [-0.05, 0) is 44.5 Å². The van der Waals surface area contributed by atoms with Crippen LogP contribution in [0.3, 0.4) is 0 Å². The van der Waals surface area contributed by atoms with Gasteiger partial charge in [0.25, 0.3) is 0 Å². The van der Waals surface area contributed by atoms with Crippen LogP contribution in [0.25, 0.3) is 0 Å². The first-order valence-corrected chi connectivity index (χ1v) is 6.28. The maximum absolute atomic E-state index is 5.51. The highest BCUT2D eigenvalue weighted by Crippen LogP contribution is 2.19. The van der Waals surface area contributed by atoms with E-state index in [0.717, 1.165) is 27.5 Å². The first kappa shape index (κ1) is 12.2. The van der Waals surface area contributed by atoms with Gasteiger partial charge >= 0.3 is 0 Å². The number of aryl methyl sites for hydroxylation is 3. The lowest BCUT2D eigenvalue weighted by Crippen LogP contribution is -2.00. The van der Waals surface area contributed by atoms with Crippen LogP contribution in [0.4, 0.5) is 5.69 Å². The van der Waals surface area contributed by atoms with E-state index in [1.54, 1.807) is 0 Å². The number of hydrogen-bond donors (Lipinski definition) is 1. The Bertz CT molecular complexity index is 494. The standard InChI is InChI=1S/C13H15BrN2O/c1-8-4-11(14)6-12(5-8)15-7-13-16-9(2)10(3)17-13/h4-6,15H,7H2,1-3H3. The van der Waals surface area contributed by atoms with Crippen molar-refractivity contribution in [1.29, 1.82) is 0 Å². The van der Waals surface area contributed by atoms with E-state index in [0.29, 0.717) is 6.54 Å². The Morgan fingerprint density at radius 1 is 1.24 bits per heavy atom. The highest BCUT2D eigenvalue weighted by molar-refractivity contribution is 9.10. The van der Waals surface area contributed by atoms with Gasteiger partial charge in [0.05, 0.1) is 12.2 Å². The third kappa shape index (κ3) is 3.09. The molecule has 0 spiro atoms. The van der Waals surface area contributed by atoms with E-state index in [4.69, 9.17) is 4.42 Å². The zero-order chi connectivity index (χ0) is 12.4. The number of rotatable bonds is 3. The fourth-order valence-corrected chi connectivity index (χ4v) is 2.24. The van der Waals surface area contributed by atoms with Gasteiger partial charge in [-0.25, -0.2) is 4.98 Å². The molecule has 4 heteroatoms. The zero-order valence-corrected chi connectivity index (χ0v) is 11.8. The average molecular weight is 295 g/mol. The fourth-order valence-electron chi connectivity index (χ4n) is 1.63. The molecule has 0 unspecified atom stereocenters. The highest BCUT2D eigenvalue weighted by atomic mass is 79.9. The fraction of sp³-hybridized carbons (Fsp3) is 0.308. The summed E-state index contributed by atoms with van der Waals surface area (Å²) in [6.45, 7) is 6.54. The molecule has 3 nitrogen and oxygen atoms in total. The van der Waals surface area contributed by atoms with Crippen LogP contribution in [0.1, 0.15) is 22.9 Å². The Morgan fingerprint density at radius 3 is 2.59 bits per heavy atom. The second-order valence-corrected chi connectivity index (χ2v) is 5.04. The van der Waals surface area contributed by atoms with Gasteiger partial charge in [-0.1, -0.05) is 15.9 Å². The van der Waals surface area contributed by atoms with Crippen LogP contribution in [0, 0.1) is 20.8 Å². The van der Waals surface area contributed by atoms with Gasteiger partial charge in [-0.2, -0.15) is 0 Å². The predicted molar refractivity (Wildman–Crippen MR) is 72.2 cm³/mol.